The van der Waals surface area contributed by atoms with Crippen LogP contribution in [0.15, 0.2) is 29.4 Å². The van der Waals surface area contributed by atoms with Gasteiger partial charge in [-0.1, -0.05) is 31.5 Å². The van der Waals surface area contributed by atoms with Gasteiger partial charge in [0.2, 0.25) is 0 Å². The first-order valence-corrected chi connectivity index (χ1v) is 6.84. The summed E-state index contributed by atoms with van der Waals surface area (Å²) >= 11 is 0. The predicted molar refractivity (Wildman–Crippen MR) is 75.2 cm³/mol. The zero-order chi connectivity index (χ0) is 16.7. The zero-order valence-electron chi connectivity index (χ0n) is 12.5. The van der Waals surface area contributed by atoms with Gasteiger partial charge in [-0.25, -0.2) is 0 Å². The van der Waals surface area contributed by atoms with Crippen molar-refractivity contribution < 1.29 is 23.1 Å². The highest BCUT2D eigenvalue weighted by molar-refractivity contribution is 5.98. The third-order valence-corrected chi connectivity index (χ3v) is 3.62. The molecule has 0 fully saturated rings. The maximum absolute atomic E-state index is 13.3. The summed E-state index contributed by atoms with van der Waals surface area (Å²) in [5.41, 5.74) is -2.24. The minimum Gasteiger partial charge on any atom is -0.362 e. The van der Waals surface area contributed by atoms with Crippen molar-refractivity contribution in [3.63, 3.8) is 0 Å². The third kappa shape index (κ3) is 2.72. The topological polar surface area (TPSA) is 52.9 Å². The molecule has 0 saturated carbocycles. The van der Waals surface area contributed by atoms with Gasteiger partial charge in [0.05, 0.1) is 0 Å². The summed E-state index contributed by atoms with van der Waals surface area (Å²) in [5.74, 6) is -1.28. The maximum atomic E-state index is 13.3. The van der Waals surface area contributed by atoms with E-state index in [1.165, 1.54) is 12.1 Å². The number of benzene rings is 1. The van der Waals surface area contributed by atoms with Gasteiger partial charge < -0.3 is 5.11 Å². The van der Waals surface area contributed by atoms with Gasteiger partial charge in [0.15, 0.2) is 0 Å². The molecule has 2 rings (SSSR count). The monoisotopic (exact) mass is 314 g/mol. The number of halogens is 3. The number of hydrazone groups is 1. The van der Waals surface area contributed by atoms with Crippen LogP contribution in [0.1, 0.15) is 36.2 Å². The number of carbonyl (C=O) groups excluding carboxylic acids is 1. The molecular weight excluding hydrogens is 297 g/mol. The number of carbonyl (C=O) groups is 1. The predicted octanol–water partition coefficient (Wildman–Crippen LogP) is 3.10. The Morgan fingerprint density at radius 2 is 1.86 bits per heavy atom. The first kappa shape index (κ1) is 16.5. The smallest absolute Gasteiger partial charge is 0.362 e. The van der Waals surface area contributed by atoms with E-state index in [0.717, 1.165) is 5.56 Å². The van der Waals surface area contributed by atoms with Crippen LogP contribution in [-0.2, 0) is 0 Å². The molecule has 0 aliphatic carbocycles. The van der Waals surface area contributed by atoms with E-state index in [1.54, 1.807) is 32.9 Å². The Kier molecular flexibility index (Phi) is 4.04. The van der Waals surface area contributed by atoms with E-state index < -0.39 is 24.2 Å². The van der Waals surface area contributed by atoms with E-state index in [2.05, 4.69) is 5.10 Å². The van der Waals surface area contributed by atoms with E-state index in [0.29, 0.717) is 0 Å². The lowest BCUT2D eigenvalue weighted by Crippen LogP contribution is -2.56. The lowest BCUT2D eigenvalue weighted by Gasteiger charge is -2.32. The highest BCUT2D eigenvalue weighted by atomic mass is 19.4. The van der Waals surface area contributed by atoms with E-state index in [4.69, 9.17) is 0 Å². The van der Waals surface area contributed by atoms with Crippen LogP contribution >= 0.6 is 0 Å². The van der Waals surface area contributed by atoms with Gasteiger partial charge in [-0.2, -0.15) is 23.3 Å². The Hall–Kier alpha value is -1.89. The number of aryl methyl sites for hydroxylation is 1. The first-order chi connectivity index (χ1) is 10.1. The molecule has 1 aromatic rings. The number of rotatable bonds is 2. The molecule has 1 heterocycles. The van der Waals surface area contributed by atoms with Crippen molar-refractivity contribution in [2.75, 3.05) is 0 Å². The average Bonchev–Trinajstić information content (AvgIpc) is 2.78. The second kappa shape index (κ2) is 5.39. The van der Waals surface area contributed by atoms with Gasteiger partial charge in [0, 0.05) is 17.7 Å². The van der Waals surface area contributed by atoms with Crippen LogP contribution in [0.25, 0.3) is 0 Å². The number of hydrogen-bond acceptors (Lipinski definition) is 3. The number of hydrogen-bond donors (Lipinski definition) is 1. The van der Waals surface area contributed by atoms with Gasteiger partial charge in [-0.15, -0.1) is 0 Å². The van der Waals surface area contributed by atoms with Crippen molar-refractivity contribution in [2.45, 2.75) is 39.1 Å². The second-order valence-electron chi connectivity index (χ2n) is 5.72. The standard InChI is InChI=1S/C15H17F3N2O2/c1-9(2)12-8-14(22,15(16,17)18)20(19-12)13(21)11-6-4-10(3)5-7-11/h4-7,9,22H,8H2,1-3H3/t14-/m1/s1. The van der Waals surface area contributed by atoms with E-state index in [9.17, 15) is 23.1 Å². The molecular formula is C15H17F3N2O2. The normalized spacial score (nSPS) is 22.2. The molecule has 1 aromatic carbocycles. The molecule has 0 radical (unpaired) electrons. The zero-order valence-corrected chi connectivity index (χ0v) is 12.5. The van der Waals surface area contributed by atoms with Crippen LogP contribution in [0, 0.1) is 12.8 Å². The third-order valence-electron chi connectivity index (χ3n) is 3.62. The lowest BCUT2D eigenvalue weighted by molar-refractivity contribution is -0.297. The van der Waals surface area contributed by atoms with Crippen molar-refractivity contribution in [1.82, 2.24) is 5.01 Å². The minimum absolute atomic E-state index is 0.0435. The Morgan fingerprint density at radius 1 is 1.32 bits per heavy atom. The largest absolute Gasteiger partial charge is 0.438 e. The van der Waals surface area contributed by atoms with Crippen LogP contribution in [-0.4, -0.2) is 33.6 Å². The summed E-state index contributed by atoms with van der Waals surface area (Å²) in [5, 5.41) is 14.0. The molecule has 0 saturated heterocycles. The highest BCUT2D eigenvalue weighted by Crippen LogP contribution is 2.41. The van der Waals surface area contributed by atoms with Crippen molar-refractivity contribution in [1.29, 1.82) is 0 Å². The van der Waals surface area contributed by atoms with E-state index >= 15 is 0 Å². The Bertz CT molecular complexity index is 608. The summed E-state index contributed by atoms with van der Waals surface area (Å²) in [4.78, 5) is 12.3. The lowest BCUT2D eigenvalue weighted by atomic mass is 9.98. The Morgan fingerprint density at radius 3 is 2.32 bits per heavy atom. The first-order valence-electron chi connectivity index (χ1n) is 6.84. The van der Waals surface area contributed by atoms with Crippen molar-refractivity contribution >= 4 is 11.6 Å². The van der Waals surface area contributed by atoms with Crippen molar-refractivity contribution in [3.8, 4) is 0 Å². The Labute approximate surface area is 126 Å². The molecule has 1 atom stereocenters. The van der Waals surface area contributed by atoms with Crippen LogP contribution in [0.3, 0.4) is 0 Å². The molecule has 22 heavy (non-hydrogen) atoms. The van der Waals surface area contributed by atoms with Crippen LogP contribution in [0.2, 0.25) is 0 Å². The molecule has 0 spiro atoms. The molecule has 0 bridgehead atoms. The molecule has 1 amide bonds. The van der Waals surface area contributed by atoms with Gasteiger partial charge in [0.25, 0.3) is 11.6 Å². The molecule has 4 nitrogen and oxygen atoms in total. The summed E-state index contributed by atoms with van der Waals surface area (Å²) in [7, 11) is 0. The molecule has 120 valence electrons. The maximum Gasteiger partial charge on any atom is 0.438 e. The fourth-order valence-corrected chi connectivity index (χ4v) is 2.15. The number of alkyl halides is 3. The average molecular weight is 314 g/mol. The van der Waals surface area contributed by atoms with Crippen LogP contribution < -0.4 is 0 Å². The van der Waals surface area contributed by atoms with Crippen LogP contribution in [0.4, 0.5) is 13.2 Å². The van der Waals surface area contributed by atoms with E-state index in [1.807, 2.05) is 0 Å². The van der Waals surface area contributed by atoms with Crippen molar-refractivity contribution in [3.05, 3.63) is 35.4 Å². The molecule has 0 aromatic heterocycles. The Balaban J connectivity index is 2.43. The molecule has 1 aliphatic heterocycles. The number of aliphatic hydroxyl groups is 1. The fraction of sp³-hybridized carbons (Fsp3) is 0.467. The minimum atomic E-state index is -4.99. The highest BCUT2D eigenvalue weighted by Gasteiger charge is 2.63. The molecule has 1 N–H and O–H groups in total. The van der Waals surface area contributed by atoms with Gasteiger partial charge in [-0.05, 0) is 25.0 Å². The quantitative estimate of drug-likeness (QED) is 0.912. The van der Waals surface area contributed by atoms with E-state index in [-0.39, 0.29) is 22.2 Å². The second-order valence-corrected chi connectivity index (χ2v) is 5.72. The van der Waals surface area contributed by atoms with Crippen molar-refractivity contribution in [2.24, 2.45) is 11.0 Å². The number of amides is 1. The van der Waals surface area contributed by atoms with Gasteiger partial charge in [-0.3, -0.25) is 4.79 Å². The summed E-state index contributed by atoms with van der Waals surface area (Å²) in [6.07, 6.45) is -5.72. The summed E-state index contributed by atoms with van der Waals surface area (Å²) < 4.78 is 39.8. The fourth-order valence-electron chi connectivity index (χ4n) is 2.15. The number of nitrogens with zero attached hydrogens (tertiary/aromatic N) is 2. The van der Waals surface area contributed by atoms with Gasteiger partial charge >= 0.3 is 6.18 Å². The SMILES string of the molecule is Cc1ccc(C(=O)N2N=C(C(C)C)C[C@@]2(O)C(F)(F)F)cc1. The van der Waals surface area contributed by atoms with Gasteiger partial charge in [0.1, 0.15) is 0 Å². The van der Waals surface area contributed by atoms with Crippen LogP contribution in [0.5, 0.6) is 0 Å². The molecule has 1 aliphatic rings. The molecule has 7 heteroatoms. The summed E-state index contributed by atoms with van der Waals surface area (Å²) in [6, 6.07) is 6.06. The summed E-state index contributed by atoms with van der Waals surface area (Å²) in [6.45, 7) is 5.12. The molecule has 0 unspecified atom stereocenters.